The van der Waals surface area contributed by atoms with Crippen LogP contribution < -0.4 is 5.73 Å². The van der Waals surface area contributed by atoms with Gasteiger partial charge in [0.1, 0.15) is 0 Å². The van der Waals surface area contributed by atoms with Gasteiger partial charge in [-0.3, -0.25) is 14.9 Å². The van der Waals surface area contributed by atoms with Gasteiger partial charge in [0.2, 0.25) is 6.41 Å². The molecule has 0 saturated carbocycles. The molecule has 0 heterocycles. The second-order valence-electron chi connectivity index (χ2n) is 2.56. The van der Waals surface area contributed by atoms with Gasteiger partial charge in [0.05, 0.1) is 4.92 Å². The smallest absolute Gasteiger partial charge is 0.269 e. The number of hydrogen-bond donors (Lipinski definition) is 1. The molecule has 1 rings (SSSR count). The number of amides is 1. The van der Waals surface area contributed by atoms with E-state index >= 15 is 0 Å². The van der Waals surface area contributed by atoms with Gasteiger partial charge in [-0.25, -0.2) is 0 Å². The number of rotatable bonds is 3. The molecule has 0 saturated heterocycles. The standard InChI is InChI=1S/C9H9NO2.CH3NO/c1-2-4-8-5-3-6-9(7-8)10(11)12;2-1-3/h2-3,5-7H,1,4H2;1H,(H2,2,3). The van der Waals surface area contributed by atoms with Gasteiger partial charge >= 0.3 is 0 Å². The van der Waals surface area contributed by atoms with E-state index in [0.717, 1.165) is 5.56 Å². The highest BCUT2D eigenvalue weighted by Crippen LogP contribution is 2.13. The minimum atomic E-state index is -0.396. The molecule has 0 aromatic heterocycles. The van der Waals surface area contributed by atoms with Gasteiger partial charge in [0, 0.05) is 12.1 Å². The van der Waals surface area contributed by atoms with Gasteiger partial charge in [-0.1, -0.05) is 18.2 Å². The molecule has 0 spiro atoms. The summed E-state index contributed by atoms with van der Waals surface area (Å²) in [6, 6.07) is 6.56. The summed E-state index contributed by atoms with van der Waals surface area (Å²) in [7, 11) is 0. The summed E-state index contributed by atoms with van der Waals surface area (Å²) in [4.78, 5) is 18.5. The van der Waals surface area contributed by atoms with Crippen LogP contribution in [0.2, 0.25) is 0 Å². The van der Waals surface area contributed by atoms with E-state index in [9.17, 15) is 10.1 Å². The van der Waals surface area contributed by atoms with Crippen molar-refractivity contribution in [1.82, 2.24) is 0 Å². The third-order valence-electron chi connectivity index (χ3n) is 1.50. The molecule has 0 unspecified atom stereocenters. The van der Waals surface area contributed by atoms with Gasteiger partial charge in [-0.2, -0.15) is 0 Å². The Labute approximate surface area is 87.4 Å². The molecule has 1 aromatic carbocycles. The van der Waals surface area contributed by atoms with E-state index in [1.54, 1.807) is 18.2 Å². The number of allylic oxidation sites excluding steroid dienone is 1. The highest BCUT2D eigenvalue weighted by atomic mass is 16.6. The van der Waals surface area contributed by atoms with Crippen LogP contribution in [-0.2, 0) is 11.2 Å². The highest BCUT2D eigenvalue weighted by molar-refractivity contribution is 5.42. The number of hydrogen-bond acceptors (Lipinski definition) is 3. The zero-order valence-electron chi connectivity index (χ0n) is 8.13. The lowest BCUT2D eigenvalue weighted by atomic mass is 10.1. The molecule has 2 N–H and O–H groups in total. The first kappa shape index (κ1) is 12.8. The number of nitrogens with zero attached hydrogens (tertiary/aromatic N) is 1. The lowest BCUT2D eigenvalue weighted by molar-refractivity contribution is -0.384. The van der Waals surface area contributed by atoms with E-state index in [1.165, 1.54) is 6.07 Å². The molecule has 0 bridgehead atoms. The summed E-state index contributed by atoms with van der Waals surface area (Å²) in [5, 5.41) is 10.3. The molecule has 15 heavy (non-hydrogen) atoms. The van der Waals surface area contributed by atoms with Crippen LogP contribution in [-0.4, -0.2) is 11.3 Å². The summed E-state index contributed by atoms with van der Waals surface area (Å²) in [5.41, 5.74) is 5.22. The Bertz CT molecular complexity index is 350. The average molecular weight is 208 g/mol. The zero-order valence-corrected chi connectivity index (χ0v) is 8.13. The van der Waals surface area contributed by atoms with Crippen LogP contribution in [0, 0.1) is 10.1 Å². The van der Waals surface area contributed by atoms with Gasteiger partial charge in [-0.15, -0.1) is 6.58 Å². The van der Waals surface area contributed by atoms with Crippen molar-refractivity contribution in [2.75, 3.05) is 0 Å². The molecule has 1 aromatic rings. The molecule has 0 aliphatic heterocycles. The topological polar surface area (TPSA) is 86.2 Å². The number of carbonyl (C=O) groups is 1. The van der Waals surface area contributed by atoms with E-state index in [2.05, 4.69) is 12.3 Å². The van der Waals surface area contributed by atoms with E-state index in [1.807, 2.05) is 6.07 Å². The van der Waals surface area contributed by atoms with Crippen LogP contribution in [0.5, 0.6) is 0 Å². The molecule has 0 atom stereocenters. The van der Waals surface area contributed by atoms with E-state index in [0.29, 0.717) is 6.42 Å². The largest absolute Gasteiger partial charge is 0.372 e. The number of primary amides is 1. The van der Waals surface area contributed by atoms with Gasteiger partial charge in [0.25, 0.3) is 5.69 Å². The normalized spacial score (nSPS) is 8.27. The van der Waals surface area contributed by atoms with Crippen molar-refractivity contribution in [2.24, 2.45) is 5.73 Å². The Kier molecular flexibility index (Phi) is 6.20. The van der Waals surface area contributed by atoms with Gasteiger partial charge in [0.15, 0.2) is 0 Å². The van der Waals surface area contributed by atoms with Crippen molar-refractivity contribution in [2.45, 2.75) is 6.42 Å². The van der Waals surface area contributed by atoms with Crippen molar-refractivity contribution in [3.8, 4) is 0 Å². The lowest BCUT2D eigenvalue weighted by Crippen LogP contribution is -1.89. The summed E-state index contributed by atoms with van der Waals surface area (Å²) in [6.07, 6.45) is 2.64. The monoisotopic (exact) mass is 208 g/mol. The van der Waals surface area contributed by atoms with Crippen molar-refractivity contribution < 1.29 is 9.72 Å². The molecular weight excluding hydrogens is 196 g/mol. The Balaban J connectivity index is 0.000000583. The third kappa shape index (κ3) is 5.20. The summed E-state index contributed by atoms with van der Waals surface area (Å²) in [6.45, 7) is 3.56. The number of benzene rings is 1. The maximum atomic E-state index is 10.3. The fourth-order valence-corrected chi connectivity index (χ4v) is 0.964. The first-order valence-electron chi connectivity index (χ1n) is 4.15. The predicted molar refractivity (Wildman–Crippen MR) is 57.2 cm³/mol. The van der Waals surface area contributed by atoms with Crippen LogP contribution in [0.15, 0.2) is 36.9 Å². The maximum Gasteiger partial charge on any atom is 0.269 e. The van der Waals surface area contributed by atoms with Crippen LogP contribution in [0.3, 0.4) is 0 Å². The third-order valence-corrected chi connectivity index (χ3v) is 1.50. The maximum absolute atomic E-state index is 10.3. The van der Waals surface area contributed by atoms with Crippen LogP contribution >= 0.6 is 0 Å². The van der Waals surface area contributed by atoms with E-state index in [-0.39, 0.29) is 12.1 Å². The van der Waals surface area contributed by atoms with E-state index in [4.69, 9.17) is 4.79 Å². The molecule has 0 aliphatic rings. The molecule has 0 radical (unpaired) electrons. The fraction of sp³-hybridized carbons (Fsp3) is 0.100. The molecule has 0 aliphatic carbocycles. The van der Waals surface area contributed by atoms with Gasteiger partial charge in [-0.05, 0) is 12.0 Å². The second-order valence-corrected chi connectivity index (χ2v) is 2.56. The zero-order chi connectivity index (χ0) is 11.7. The van der Waals surface area contributed by atoms with Crippen LogP contribution in [0.4, 0.5) is 5.69 Å². The lowest BCUT2D eigenvalue weighted by Gasteiger charge is -1.95. The molecule has 0 fully saturated rings. The summed E-state index contributed by atoms with van der Waals surface area (Å²) >= 11 is 0. The molecule has 5 nitrogen and oxygen atoms in total. The number of carbonyl (C=O) groups excluding carboxylic acids is 1. The Morgan fingerprint density at radius 3 is 2.60 bits per heavy atom. The van der Waals surface area contributed by atoms with Gasteiger partial charge < -0.3 is 5.73 Å². The minimum Gasteiger partial charge on any atom is -0.372 e. The fourth-order valence-electron chi connectivity index (χ4n) is 0.964. The van der Waals surface area contributed by atoms with Crippen LogP contribution in [0.1, 0.15) is 5.56 Å². The minimum absolute atomic E-state index is 0.134. The molecular formula is C10H12N2O3. The van der Waals surface area contributed by atoms with Crippen molar-refractivity contribution in [1.29, 1.82) is 0 Å². The highest BCUT2D eigenvalue weighted by Gasteiger charge is 2.03. The number of nitro benzene ring substituents is 1. The summed E-state index contributed by atoms with van der Waals surface area (Å²) in [5.74, 6) is 0. The average Bonchev–Trinajstić information content (AvgIpc) is 2.20. The first-order valence-corrected chi connectivity index (χ1v) is 4.15. The van der Waals surface area contributed by atoms with E-state index < -0.39 is 4.92 Å². The number of nitro groups is 1. The van der Waals surface area contributed by atoms with Crippen LogP contribution in [0.25, 0.3) is 0 Å². The van der Waals surface area contributed by atoms with Crippen molar-refractivity contribution >= 4 is 12.1 Å². The predicted octanol–water partition coefficient (Wildman–Crippen LogP) is 1.42. The molecule has 5 heteroatoms. The Morgan fingerprint density at radius 1 is 1.53 bits per heavy atom. The summed E-state index contributed by atoms with van der Waals surface area (Å²) < 4.78 is 0. The second kappa shape index (κ2) is 7.25. The number of non-ortho nitro benzene ring substituents is 1. The SMILES string of the molecule is C=CCc1cccc([N+](=O)[O-])c1.NC=O. The molecule has 1 amide bonds. The Morgan fingerprint density at radius 2 is 2.13 bits per heavy atom. The molecule has 80 valence electrons. The quantitative estimate of drug-likeness (QED) is 0.353. The Hall–Kier alpha value is -2.17. The number of nitrogens with two attached hydrogens (primary N) is 1. The first-order chi connectivity index (χ1) is 7.15. The van der Waals surface area contributed by atoms with Crippen molar-refractivity contribution in [3.63, 3.8) is 0 Å². The van der Waals surface area contributed by atoms with Crippen molar-refractivity contribution in [3.05, 3.63) is 52.6 Å².